The smallest absolute Gasteiger partial charge is 0.166 e. The largest absolute Gasteiger partial charge is 0.416 e. The summed E-state index contributed by atoms with van der Waals surface area (Å²) >= 11 is 3.79. The highest BCUT2D eigenvalue weighted by molar-refractivity contribution is 7.80. The lowest BCUT2D eigenvalue weighted by Gasteiger charge is -2.05. The molecule has 4 heteroatoms. The summed E-state index contributed by atoms with van der Waals surface area (Å²) < 4.78 is 35.8. The molecule has 0 unspecified atom stereocenters. The van der Waals surface area contributed by atoms with Gasteiger partial charge in [-0.25, -0.2) is 0 Å². The molecule has 88 valence electrons. The Labute approximate surface area is 94.9 Å². The van der Waals surface area contributed by atoms with Crippen molar-refractivity contribution in [1.82, 2.24) is 0 Å². The first-order chi connectivity index (χ1) is 7.00. The molecular formula is C11H17F3S. The summed E-state index contributed by atoms with van der Waals surface area (Å²) in [6, 6.07) is 4.83. The van der Waals surface area contributed by atoms with Crippen molar-refractivity contribution in [2.45, 2.75) is 38.8 Å². The Hall–Kier alpha value is -0.640. The Balaban J connectivity index is 0. The molecule has 0 nitrogen and oxygen atoms in total. The Morgan fingerprint density at radius 3 is 1.73 bits per heavy atom. The fraction of sp³-hybridized carbons (Fsp3) is 0.455. The summed E-state index contributed by atoms with van der Waals surface area (Å²) in [5, 5.41) is 0. The molecular weight excluding hydrogens is 221 g/mol. The molecule has 0 saturated carbocycles. The lowest BCUT2D eigenvalue weighted by molar-refractivity contribution is -0.137. The first-order valence-corrected chi connectivity index (χ1v) is 5.31. The molecule has 0 aromatic heterocycles. The van der Waals surface area contributed by atoms with Crippen molar-refractivity contribution >= 4 is 12.6 Å². The van der Waals surface area contributed by atoms with Gasteiger partial charge in [-0.05, 0) is 18.2 Å². The number of benzene rings is 1. The van der Waals surface area contributed by atoms with E-state index < -0.39 is 11.7 Å². The van der Waals surface area contributed by atoms with Crippen LogP contribution in [0.15, 0.2) is 29.2 Å². The first kappa shape index (κ1) is 16.8. The minimum absolute atomic E-state index is 0.319. The SMILES string of the molecule is CC.CC.FC(F)(F)c1cccc(S)c1. The van der Waals surface area contributed by atoms with E-state index in [-0.39, 0.29) is 0 Å². The first-order valence-electron chi connectivity index (χ1n) is 4.86. The van der Waals surface area contributed by atoms with Gasteiger partial charge in [-0.15, -0.1) is 12.6 Å². The predicted molar refractivity (Wildman–Crippen MR) is 61.4 cm³/mol. The zero-order chi connectivity index (χ0) is 12.5. The highest BCUT2D eigenvalue weighted by Crippen LogP contribution is 2.29. The third-order valence-electron chi connectivity index (χ3n) is 1.17. The number of hydrogen-bond donors (Lipinski definition) is 1. The van der Waals surface area contributed by atoms with Gasteiger partial charge < -0.3 is 0 Å². The maximum Gasteiger partial charge on any atom is 0.416 e. The average Bonchev–Trinajstić information content (AvgIpc) is 2.23. The van der Waals surface area contributed by atoms with Crippen molar-refractivity contribution in [3.05, 3.63) is 29.8 Å². The maximum atomic E-state index is 11.9. The van der Waals surface area contributed by atoms with Crippen LogP contribution in [0, 0.1) is 0 Å². The monoisotopic (exact) mass is 238 g/mol. The number of alkyl halides is 3. The molecule has 0 fully saturated rings. The predicted octanol–water partition coefficient (Wildman–Crippen LogP) is 5.05. The molecule has 0 aliphatic carbocycles. The Kier molecular flexibility index (Phi) is 9.68. The normalized spacial score (nSPS) is 9.33. The molecule has 0 aliphatic rings. The molecule has 0 heterocycles. The van der Waals surface area contributed by atoms with Crippen molar-refractivity contribution in [2.24, 2.45) is 0 Å². The minimum Gasteiger partial charge on any atom is -0.166 e. The average molecular weight is 238 g/mol. The summed E-state index contributed by atoms with van der Waals surface area (Å²) in [5.74, 6) is 0. The van der Waals surface area contributed by atoms with Gasteiger partial charge in [-0.2, -0.15) is 13.2 Å². The van der Waals surface area contributed by atoms with Crippen molar-refractivity contribution in [2.75, 3.05) is 0 Å². The lowest BCUT2D eigenvalue weighted by atomic mass is 10.2. The second kappa shape index (κ2) is 8.65. The highest BCUT2D eigenvalue weighted by atomic mass is 32.1. The van der Waals surface area contributed by atoms with Crippen molar-refractivity contribution in [3.8, 4) is 0 Å². The number of hydrogen-bond acceptors (Lipinski definition) is 1. The summed E-state index contributed by atoms with van der Waals surface area (Å²) in [6.45, 7) is 8.00. The van der Waals surface area contributed by atoms with E-state index in [0.29, 0.717) is 4.90 Å². The minimum atomic E-state index is -4.27. The lowest BCUT2D eigenvalue weighted by Crippen LogP contribution is -2.03. The van der Waals surface area contributed by atoms with E-state index in [1.807, 2.05) is 27.7 Å². The van der Waals surface area contributed by atoms with Crippen LogP contribution in [-0.2, 0) is 6.18 Å². The van der Waals surface area contributed by atoms with Gasteiger partial charge >= 0.3 is 6.18 Å². The zero-order valence-corrected chi connectivity index (χ0v) is 10.3. The van der Waals surface area contributed by atoms with Gasteiger partial charge in [0.05, 0.1) is 5.56 Å². The van der Waals surface area contributed by atoms with Crippen molar-refractivity contribution in [3.63, 3.8) is 0 Å². The van der Waals surface area contributed by atoms with Gasteiger partial charge in [0.2, 0.25) is 0 Å². The Morgan fingerprint density at radius 2 is 1.47 bits per heavy atom. The van der Waals surface area contributed by atoms with E-state index >= 15 is 0 Å². The van der Waals surface area contributed by atoms with E-state index in [1.54, 1.807) is 0 Å². The fourth-order valence-electron chi connectivity index (χ4n) is 0.682. The van der Waals surface area contributed by atoms with Crippen LogP contribution in [0.1, 0.15) is 33.3 Å². The molecule has 0 atom stereocenters. The third-order valence-corrected chi connectivity index (χ3v) is 1.45. The molecule has 1 aromatic carbocycles. The third kappa shape index (κ3) is 7.31. The standard InChI is InChI=1S/C7H5F3S.2C2H6/c8-7(9,10)5-2-1-3-6(11)4-5;2*1-2/h1-4,11H;2*1-2H3. The van der Waals surface area contributed by atoms with Gasteiger partial charge in [0.25, 0.3) is 0 Å². The van der Waals surface area contributed by atoms with Crippen LogP contribution in [0.4, 0.5) is 13.2 Å². The van der Waals surface area contributed by atoms with Crippen LogP contribution in [0.5, 0.6) is 0 Å². The number of rotatable bonds is 0. The molecule has 0 spiro atoms. The van der Waals surface area contributed by atoms with Gasteiger partial charge in [0.1, 0.15) is 0 Å². The van der Waals surface area contributed by atoms with Crippen molar-refractivity contribution < 1.29 is 13.2 Å². The quantitative estimate of drug-likeness (QED) is 0.601. The van der Waals surface area contributed by atoms with E-state index in [4.69, 9.17) is 0 Å². The molecule has 0 bridgehead atoms. The topological polar surface area (TPSA) is 0 Å². The summed E-state index contributed by atoms with van der Waals surface area (Å²) in [6.07, 6.45) is -4.27. The van der Waals surface area contributed by atoms with E-state index in [9.17, 15) is 13.2 Å². The van der Waals surface area contributed by atoms with Gasteiger partial charge in [0.15, 0.2) is 0 Å². The van der Waals surface area contributed by atoms with E-state index in [2.05, 4.69) is 12.6 Å². The molecule has 1 rings (SSSR count). The van der Waals surface area contributed by atoms with Crippen LogP contribution < -0.4 is 0 Å². The summed E-state index contributed by atoms with van der Waals surface area (Å²) in [7, 11) is 0. The molecule has 0 aliphatic heterocycles. The zero-order valence-electron chi connectivity index (χ0n) is 9.39. The number of halogens is 3. The molecule has 1 aromatic rings. The van der Waals surface area contributed by atoms with Gasteiger partial charge in [0, 0.05) is 4.90 Å². The second-order valence-corrected chi connectivity index (χ2v) is 2.56. The van der Waals surface area contributed by atoms with Gasteiger partial charge in [-0.1, -0.05) is 33.8 Å². The Morgan fingerprint density at radius 1 is 1.00 bits per heavy atom. The number of thiol groups is 1. The van der Waals surface area contributed by atoms with Crippen molar-refractivity contribution in [1.29, 1.82) is 0 Å². The van der Waals surface area contributed by atoms with Crippen LogP contribution in [-0.4, -0.2) is 0 Å². The molecule has 15 heavy (non-hydrogen) atoms. The van der Waals surface area contributed by atoms with Crippen LogP contribution in [0.2, 0.25) is 0 Å². The molecule has 0 N–H and O–H groups in total. The maximum absolute atomic E-state index is 11.9. The highest BCUT2D eigenvalue weighted by Gasteiger charge is 2.29. The van der Waals surface area contributed by atoms with Gasteiger partial charge in [-0.3, -0.25) is 0 Å². The fourth-order valence-corrected chi connectivity index (χ4v) is 0.907. The van der Waals surface area contributed by atoms with Crippen LogP contribution >= 0.6 is 12.6 Å². The summed E-state index contributed by atoms with van der Waals surface area (Å²) in [4.78, 5) is 0.319. The van der Waals surface area contributed by atoms with Crippen LogP contribution in [0.25, 0.3) is 0 Å². The van der Waals surface area contributed by atoms with E-state index in [0.717, 1.165) is 12.1 Å². The Bertz CT molecular complexity index is 256. The molecule has 0 saturated heterocycles. The van der Waals surface area contributed by atoms with E-state index in [1.165, 1.54) is 12.1 Å². The van der Waals surface area contributed by atoms with Crippen LogP contribution in [0.3, 0.4) is 0 Å². The molecule has 0 amide bonds. The second-order valence-electron chi connectivity index (χ2n) is 2.05. The summed E-state index contributed by atoms with van der Waals surface area (Å²) in [5.41, 5.74) is -0.662. The molecule has 0 radical (unpaired) electrons.